The fourth-order valence-corrected chi connectivity index (χ4v) is 2.20. The van der Waals surface area contributed by atoms with Crippen molar-refractivity contribution >= 4 is 6.03 Å². The van der Waals surface area contributed by atoms with E-state index in [1.807, 2.05) is 38.1 Å². The van der Waals surface area contributed by atoms with Gasteiger partial charge in [0.2, 0.25) is 0 Å². The van der Waals surface area contributed by atoms with Crippen molar-refractivity contribution in [2.24, 2.45) is 0 Å². The van der Waals surface area contributed by atoms with Crippen molar-refractivity contribution in [3.8, 4) is 5.75 Å². The number of ether oxygens (including phenoxy) is 1. The topological polar surface area (TPSA) is 76.4 Å². The summed E-state index contributed by atoms with van der Waals surface area (Å²) in [5.74, 6) is 1.55. The number of nitrogens with one attached hydrogen (secondary N) is 2. The summed E-state index contributed by atoms with van der Waals surface area (Å²) in [6.45, 7) is 4.10. The molecule has 2 N–H and O–H groups in total. The average molecular weight is 303 g/mol. The Morgan fingerprint density at radius 1 is 1.41 bits per heavy atom. The molecule has 2 aromatic rings. The van der Waals surface area contributed by atoms with Crippen LogP contribution >= 0.6 is 0 Å². The number of carbonyl (C=O) groups excluding carboxylic acids is 1. The molecule has 1 atom stereocenters. The molecule has 0 fully saturated rings. The molecule has 0 spiro atoms. The minimum atomic E-state index is -0.233. The van der Waals surface area contributed by atoms with Crippen LogP contribution < -0.4 is 15.4 Å². The van der Waals surface area contributed by atoms with Crippen molar-refractivity contribution in [1.82, 2.24) is 15.8 Å². The van der Waals surface area contributed by atoms with E-state index in [2.05, 4.69) is 15.8 Å². The lowest BCUT2D eigenvalue weighted by molar-refractivity contribution is 0.237. The molecule has 0 saturated heterocycles. The molecule has 2 amide bonds. The zero-order valence-corrected chi connectivity index (χ0v) is 13.1. The van der Waals surface area contributed by atoms with E-state index in [1.165, 1.54) is 0 Å². The number of aromatic nitrogens is 1. The van der Waals surface area contributed by atoms with Crippen LogP contribution in [0.4, 0.5) is 4.79 Å². The fourth-order valence-electron chi connectivity index (χ4n) is 2.20. The molecule has 6 heteroatoms. The number of amides is 2. The van der Waals surface area contributed by atoms with E-state index >= 15 is 0 Å². The molecule has 0 aliphatic carbocycles. The van der Waals surface area contributed by atoms with Crippen LogP contribution in [0, 0.1) is 6.92 Å². The summed E-state index contributed by atoms with van der Waals surface area (Å²) in [6, 6.07) is 9.32. The lowest BCUT2D eigenvalue weighted by Gasteiger charge is -2.16. The Kier molecular flexibility index (Phi) is 5.41. The molecule has 0 saturated carbocycles. The largest absolute Gasteiger partial charge is 0.496 e. The van der Waals surface area contributed by atoms with Crippen molar-refractivity contribution < 1.29 is 14.1 Å². The lowest BCUT2D eigenvalue weighted by Crippen LogP contribution is -2.41. The SMILES string of the molecule is COc1ccccc1C[C@@H](C)NC(=O)NCc1cc(C)on1. The number of para-hydroxylation sites is 1. The first-order chi connectivity index (χ1) is 10.6. The summed E-state index contributed by atoms with van der Waals surface area (Å²) in [5, 5.41) is 9.47. The van der Waals surface area contributed by atoms with E-state index in [-0.39, 0.29) is 12.1 Å². The first-order valence-corrected chi connectivity index (χ1v) is 7.17. The number of aryl methyl sites for hydroxylation is 1. The Morgan fingerprint density at radius 3 is 2.86 bits per heavy atom. The van der Waals surface area contributed by atoms with Gasteiger partial charge >= 0.3 is 6.03 Å². The smallest absolute Gasteiger partial charge is 0.315 e. The maximum Gasteiger partial charge on any atom is 0.315 e. The van der Waals surface area contributed by atoms with E-state index in [0.29, 0.717) is 18.7 Å². The monoisotopic (exact) mass is 303 g/mol. The van der Waals surface area contributed by atoms with Gasteiger partial charge in [0.05, 0.1) is 13.7 Å². The van der Waals surface area contributed by atoms with Crippen LogP contribution in [0.15, 0.2) is 34.9 Å². The van der Waals surface area contributed by atoms with Crippen LogP contribution in [-0.2, 0) is 13.0 Å². The van der Waals surface area contributed by atoms with Gasteiger partial charge in [-0.2, -0.15) is 0 Å². The van der Waals surface area contributed by atoms with Gasteiger partial charge in [-0.25, -0.2) is 4.79 Å². The van der Waals surface area contributed by atoms with Crippen LogP contribution in [0.2, 0.25) is 0 Å². The zero-order valence-electron chi connectivity index (χ0n) is 13.1. The third-order valence-corrected chi connectivity index (χ3v) is 3.20. The molecule has 0 aliphatic rings. The second kappa shape index (κ2) is 7.49. The number of carbonyl (C=O) groups is 1. The summed E-state index contributed by atoms with van der Waals surface area (Å²) in [6.07, 6.45) is 0.695. The second-order valence-corrected chi connectivity index (χ2v) is 5.17. The molecule has 6 nitrogen and oxygen atoms in total. The van der Waals surface area contributed by atoms with Crippen molar-refractivity contribution in [1.29, 1.82) is 0 Å². The van der Waals surface area contributed by atoms with E-state index in [1.54, 1.807) is 13.2 Å². The Bertz CT molecular complexity index is 625. The molecule has 0 aliphatic heterocycles. The highest BCUT2D eigenvalue weighted by molar-refractivity contribution is 5.74. The van der Waals surface area contributed by atoms with Gasteiger partial charge in [-0.05, 0) is 31.9 Å². The second-order valence-electron chi connectivity index (χ2n) is 5.17. The van der Waals surface area contributed by atoms with Crippen molar-refractivity contribution in [2.45, 2.75) is 32.9 Å². The van der Waals surface area contributed by atoms with Crippen molar-refractivity contribution in [3.05, 3.63) is 47.3 Å². The van der Waals surface area contributed by atoms with Crippen LogP contribution in [0.5, 0.6) is 5.75 Å². The predicted molar refractivity (Wildman–Crippen MR) is 82.8 cm³/mol. The molecule has 0 unspecified atom stereocenters. The van der Waals surface area contributed by atoms with Gasteiger partial charge in [0.15, 0.2) is 0 Å². The third-order valence-electron chi connectivity index (χ3n) is 3.20. The molecule has 1 aromatic carbocycles. The minimum absolute atomic E-state index is 0.0182. The summed E-state index contributed by atoms with van der Waals surface area (Å²) < 4.78 is 10.3. The first kappa shape index (κ1) is 15.9. The molecule has 22 heavy (non-hydrogen) atoms. The van der Waals surface area contributed by atoms with Crippen molar-refractivity contribution in [2.75, 3.05) is 7.11 Å². The van der Waals surface area contributed by atoms with Crippen LogP contribution in [-0.4, -0.2) is 24.3 Å². The highest BCUT2D eigenvalue weighted by Crippen LogP contribution is 2.18. The zero-order chi connectivity index (χ0) is 15.9. The first-order valence-electron chi connectivity index (χ1n) is 7.17. The van der Waals surface area contributed by atoms with Gasteiger partial charge in [-0.3, -0.25) is 0 Å². The highest BCUT2D eigenvalue weighted by Gasteiger charge is 2.11. The number of benzene rings is 1. The van der Waals surface area contributed by atoms with Crippen LogP contribution in [0.1, 0.15) is 23.9 Å². The van der Waals surface area contributed by atoms with Gasteiger partial charge in [-0.1, -0.05) is 23.4 Å². The number of nitrogens with zero attached hydrogens (tertiary/aromatic N) is 1. The summed E-state index contributed by atoms with van der Waals surface area (Å²) >= 11 is 0. The number of hydrogen-bond donors (Lipinski definition) is 2. The fraction of sp³-hybridized carbons (Fsp3) is 0.375. The standard InChI is InChI=1S/C16H21N3O3/c1-11(8-13-6-4-5-7-15(13)21-3)18-16(20)17-10-14-9-12(2)22-19-14/h4-7,9,11H,8,10H2,1-3H3,(H2,17,18,20)/t11-/m1/s1. The Hall–Kier alpha value is -2.50. The Balaban J connectivity index is 1.81. The Labute approximate surface area is 129 Å². The summed E-state index contributed by atoms with van der Waals surface area (Å²) in [5.41, 5.74) is 1.76. The molecular weight excluding hydrogens is 282 g/mol. The van der Waals surface area contributed by atoms with E-state index in [4.69, 9.17) is 9.26 Å². The minimum Gasteiger partial charge on any atom is -0.496 e. The highest BCUT2D eigenvalue weighted by atomic mass is 16.5. The van der Waals surface area contributed by atoms with E-state index in [0.717, 1.165) is 17.1 Å². The number of hydrogen-bond acceptors (Lipinski definition) is 4. The van der Waals surface area contributed by atoms with Gasteiger partial charge < -0.3 is 19.9 Å². The summed E-state index contributed by atoms with van der Waals surface area (Å²) in [7, 11) is 1.64. The van der Waals surface area contributed by atoms with Gasteiger partial charge in [0.25, 0.3) is 0 Å². The quantitative estimate of drug-likeness (QED) is 0.859. The number of rotatable bonds is 6. The molecule has 1 heterocycles. The van der Waals surface area contributed by atoms with Gasteiger partial charge in [-0.15, -0.1) is 0 Å². The van der Waals surface area contributed by atoms with E-state index in [9.17, 15) is 4.79 Å². The maximum absolute atomic E-state index is 11.9. The maximum atomic E-state index is 11.9. The number of methoxy groups -OCH3 is 1. The molecule has 0 radical (unpaired) electrons. The van der Waals surface area contributed by atoms with Crippen LogP contribution in [0.25, 0.3) is 0 Å². The average Bonchev–Trinajstić information content (AvgIpc) is 2.91. The third kappa shape index (κ3) is 4.51. The predicted octanol–water partition coefficient (Wildman–Crippen LogP) is 2.42. The normalized spacial score (nSPS) is 11.8. The van der Waals surface area contributed by atoms with Crippen molar-refractivity contribution in [3.63, 3.8) is 0 Å². The lowest BCUT2D eigenvalue weighted by atomic mass is 10.1. The van der Waals surface area contributed by atoms with Gasteiger partial charge in [0, 0.05) is 12.1 Å². The molecule has 118 valence electrons. The molecular formula is C16H21N3O3. The molecule has 1 aromatic heterocycles. The summed E-state index contributed by atoms with van der Waals surface area (Å²) in [4.78, 5) is 11.9. The van der Waals surface area contributed by atoms with E-state index < -0.39 is 0 Å². The number of urea groups is 1. The molecule has 2 rings (SSSR count). The Morgan fingerprint density at radius 2 is 2.18 bits per heavy atom. The van der Waals surface area contributed by atoms with Gasteiger partial charge in [0.1, 0.15) is 17.2 Å². The molecule has 0 bridgehead atoms. The van der Waals surface area contributed by atoms with Crippen LogP contribution in [0.3, 0.4) is 0 Å².